The molecule has 2 rings (SSSR count). The third kappa shape index (κ3) is 3.11. The van der Waals surface area contributed by atoms with Crippen molar-refractivity contribution in [3.63, 3.8) is 0 Å². The summed E-state index contributed by atoms with van der Waals surface area (Å²) in [5, 5.41) is 12.8. The van der Waals surface area contributed by atoms with Crippen LogP contribution in [0.5, 0.6) is 0 Å². The maximum atomic E-state index is 11.5. The molecular formula is C13H20N2O3. The van der Waals surface area contributed by atoms with Gasteiger partial charge in [0.1, 0.15) is 0 Å². The number of aliphatic hydroxyl groups excluding tert-OH is 1. The minimum absolute atomic E-state index is 0.140. The van der Waals surface area contributed by atoms with Crippen molar-refractivity contribution in [1.82, 2.24) is 10.3 Å². The normalized spacial score (nSPS) is 23.9. The van der Waals surface area contributed by atoms with Crippen LogP contribution in [0.2, 0.25) is 0 Å². The number of aliphatic hydroxyl groups is 1. The van der Waals surface area contributed by atoms with E-state index in [4.69, 9.17) is 4.74 Å². The monoisotopic (exact) mass is 252 g/mol. The Labute approximate surface area is 107 Å². The maximum absolute atomic E-state index is 11.5. The van der Waals surface area contributed by atoms with Crippen LogP contribution in [0, 0.1) is 0 Å². The van der Waals surface area contributed by atoms with E-state index in [-0.39, 0.29) is 12.1 Å². The van der Waals surface area contributed by atoms with Crippen LogP contribution in [0.4, 0.5) is 0 Å². The summed E-state index contributed by atoms with van der Waals surface area (Å²) in [6, 6.07) is 2.15. The topological polar surface area (TPSA) is 74.4 Å². The lowest BCUT2D eigenvalue weighted by Crippen LogP contribution is -2.34. The molecule has 1 aliphatic rings. The van der Waals surface area contributed by atoms with Gasteiger partial charge in [-0.05, 0) is 31.7 Å². The van der Waals surface area contributed by atoms with Crippen molar-refractivity contribution in [2.75, 3.05) is 7.11 Å². The molecule has 100 valence electrons. The van der Waals surface area contributed by atoms with Crippen molar-refractivity contribution in [3.8, 4) is 0 Å². The fraction of sp³-hybridized carbons (Fsp3) is 0.615. The molecule has 0 atom stereocenters. The van der Waals surface area contributed by atoms with Gasteiger partial charge < -0.3 is 20.1 Å². The summed E-state index contributed by atoms with van der Waals surface area (Å²) in [5.41, 5.74) is 1.44. The van der Waals surface area contributed by atoms with E-state index in [0.717, 1.165) is 31.4 Å². The lowest BCUT2D eigenvalue weighted by molar-refractivity contribution is 0.0599. The first-order valence-electron chi connectivity index (χ1n) is 6.36. The van der Waals surface area contributed by atoms with Crippen LogP contribution in [0.3, 0.4) is 0 Å². The number of methoxy groups -OCH3 is 1. The molecule has 1 aliphatic carbocycles. The summed E-state index contributed by atoms with van der Waals surface area (Å²) in [6.45, 7) is 0.623. The molecule has 1 fully saturated rings. The second-order valence-corrected chi connectivity index (χ2v) is 4.75. The maximum Gasteiger partial charge on any atom is 0.339 e. The van der Waals surface area contributed by atoms with Crippen LogP contribution in [0.25, 0.3) is 0 Å². The van der Waals surface area contributed by atoms with Gasteiger partial charge in [0.05, 0.1) is 18.8 Å². The van der Waals surface area contributed by atoms with Gasteiger partial charge in [-0.25, -0.2) is 4.79 Å². The van der Waals surface area contributed by atoms with Gasteiger partial charge in [-0.2, -0.15) is 0 Å². The highest BCUT2D eigenvalue weighted by Crippen LogP contribution is 2.19. The molecular weight excluding hydrogens is 232 g/mol. The van der Waals surface area contributed by atoms with Gasteiger partial charge in [-0.3, -0.25) is 0 Å². The third-order valence-electron chi connectivity index (χ3n) is 3.50. The lowest BCUT2D eigenvalue weighted by Gasteiger charge is -2.26. The number of rotatable bonds is 4. The van der Waals surface area contributed by atoms with Gasteiger partial charge in [-0.15, -0.1) is 0 Å². The van der Waals surface area contributed by atoms with Gasteiger partial charge >= 0.3 is 5.97 Å². The lowest BCUT2D eigenvalue weighted by atomic mass is 9.93. The standard InChI is InChI=1S/C13H20N2O3/c1-18-13(17)11-6-7-14-12(11)8-15-9-2-4-10(16)5-3-9/h6-7,9-10,14-16H,2-5,8H2,1H3. The molecule has 18 heavy (non-hydrogen) atoms. The molecule has 1 saturated carbocycles. The summed E-state index contributed by atoms with van der Waals surface area (Å²) >= 11 is 0. The second kappa shape index (κ2) is 6.02. The fourth-order valence-corrected chi connectivity index (χ4v) is 2.38. The number of hydrogen-bond acceptors (Lipinski definition) is 4. The molecule has 1 heterocycles. The molecule has 0 aliphatic heterocycles. The van der Waals surface area contributed by atoms with Crippen molar-refractivity contribution in [2.24, 2.45) is 0 Å². The number of hydrogen-bond donors (Lipinski definition) is 3. The second-order valence-electron chi connectivity index (χ2n) is 4.75. The Kier molecular flexibility index (Phi) is 4.38. The van der Waals surface area contributed by atoms with Crippen LogP contribution in [-0.4, -0.2) is 35.3 Å². The highest BCUT2D eigenvalue weighted by atomic mass is 16.5. The molecule has 1 aromatic rings. The van der Waals surface area contributed by atoms with Crippen LogP contribution in [0.15, 0.2) is 12.3 Å². The van der Waals surface area contributed by atoms with Crippen LogP contribution >= 0.6 is 0 Å². The van der Waals surface area contributed by atoms with E-state index in [1.54, 1.807) is 12.3 Å². The summed E-state index contributed by atoms with van der Waals surface area (Å²) < 4.78 is 4.72. The average molecular weight is 252 g/mol. The SMILES string of the molecule is COC(=O)c1cc[nH]c1CNC1CCC(O)CC1. The molecule has 0 spiro atoms. The van der Waals surface area contributed by atoms with E-state index in [9.17, 15) is 9.90 Å². The quantitative estimate of drug-likeness (QED) is 0.704. The van der Waals surface area contributed by atoms with Gasteiger partial charge in [0.2, 0.25) is 0 Å². The summed E-state index contributed by atoms with van der Waals surface area (Å²) in [6.07, 6.45) is 5.27. The fourth-order valence-electron chi connectivity index (χ4n) is 2.38. The van der Waals surface area contributed by atoms with Gasteiger partial charge in [0.25, 0.3) is 0 Å². The third-order valence-corrected chi connectivity index (χ3v) is 3.50. The molecule has 0 bridgehead atoms. The Morgan fingerprint density at radius 2 is 2.22 bits per heavy atom. The number of carbonyl (C=O) groups excluding carboxylic acids is 1. The van der Waals surface area contributed by atoms with E-state index in [1.165, 1.54) is 7.11 Å². The number of nitrogens with one attached hydrogen (secondary N) is 2. The average Bonchev–Trinajstić information content (AvgIpc) is 2.85. The number of aromatic amines is 1. The molecule has 1 aromatic heterocycles. The summed E-state index contributed by atoms with van der Waals surface area (Å²) in [5.74, 6) is -0.313. The molecule has 5 nitrogen and oxygen atoms in total. The van der Waals surface area contributed by atoms with E-state index < -0.39 is 0 Å². The Hall–Kier alpha value is -1.33. The smallest absolute Gasteiger partial charge is 0.339 e. The number of carbonyl (C=O) groups is 1. The Morgan fingerprint density at radius 3 is 2.89 bits per heavy atom. The highest BCUT2D eigenvalue weighted by Gasteiger charge is 2.20. The van der Waals surface area contributed by atoms with Crippen molar-refractivity contribution in [1.29, 1.82) is 0 Å². The first-order valence-corrected chi connectivity index (χ1v) is 6.36. The number of esters is 1. The predicted octanol–water partition coefficient (Wildman–Crippen LogP) is 1.19. The molecule has 0 amide bonds. The largest absolute Gasteiger partial charge is 0.465 e. The number of aromatic nitrogens is 1. The first-order chi connectivity index (χ1) is 8.70. The predicted molar refractivity (Wildman–Crippen MR) is 67.2 cm³/mol. The van der Waals surface area contributed by atoms with Crippen molar-refractivity contribution >= 4 is 5.97 Å². The Bertz CT molecular complexity index is 395. The van der Waals surface area contributed by atoms with Crippen molar-refractivity contribution in [2.45, 2.75) is 44.4 Å². The molecule has 0 saturated heterocycles. The molecule has 0 radical (unpaired) electrons. The zero-order chi connectivity index (χ0) is 13.0. The van der Waals surface area contributed by atoms with Gasteiger partial charge in [-0.1, -0.05) is 0 Å². The van der Waals surface area contributed by atoms with Gasteiger partial charge in [0.15, 0.2) is 0 Å². The highest BCUT2D eigenvalue weighted by molar-refractivity contribution is 5.90. The zero-order valence-electron chi connectivity index (χ0n) is 10.6. The first kappa shape index (κ1) is 13.1. The minimum Gasteiger partial charge on any atom is -0.465 e. The van der Waals surface area contributed by atoms with Gasteiger partial charge in [0, 0.05) is 24.5 Å². The van der Waals surface area contributed by atoms with E-state index in [0.29, 0.717) is 18.2 Å². The summed E-state index contributed by atoms with van der Waals surface area (Å²) in [7, 11) is 1.38. The molecule has 0 unspecified atom stereocenters. The van der Waals surface area contributed by atoms with Crippen LogP contribution < -0.4 is 5.32 Å². The molecule has 3 N–H and O–H groups in total. The molecule has 5 heteroatoms. The Balaban J connectivity index is 1.87. The minimum atomic E-state index is -0.313. The van der Waals surface area contributed by atoms with Crippen LogP contribution in [0.1, 0.15) is 41.7 Å². The molecule has 0 aromatic carbocycles. The van der Waals surface area contributed by atoms with E-state index in [2.05, 4.69) is 10.3 Å². The number of ether oxygens (including phenoxy) is 1. The van der Waals surface area contributed by atoms with Crippen molar-refractivity contribution in [3.05, 3.63) is 23.5 Å². The zero-order valence-corrected chi connectivity index (χ0v) is 10.6. The van der Waals surface area contributed by atoms with Crippen LogP contribution in [-0.2, 0) is 11.3 Å². The summed E-state index contributed by atoms with van der Waals surface area (Å²) in [4.78, 5) is 14.5. The number of H-pyrrole nitrogens is 1. The Morgan fingerprint density at radius 1 is 1.50 bits per heavy atom. The van der Waals surface area contributed by atoms with E-state index in [1.807, 2.05) is 0 Å². The van der Waals surface area contributed by atoms with E-state index >= 15 is 0 Å². The van der Waals surface area contributed by atoms with Crippen molar-refractivity contribution < 1.29 is 14.6 Å².